The molecule has 0 spiro atoms. The van der Waals surface area contributed by atoms with Crippen LogP contribution in [-0.4, -0.2) is 27.8 Å². The van der Waals surface area contributed by atoms with E-state index in [1.54, 1.807) is 6.20 Å². The first-order valence-corrected chi connectivity index (χ1v) is 3.74. The number of carboxylic acids is 1. The number of fused-ring (bicyclic) bond motifs is 1. The molecule has 1 aromatic heterocycles. The predicted molar refractivity (Wildman–Crippen MR) is 40.7 cm³/mol. The molecule has 0 aromatic carbocycles. The molecule has 0 fully saturated rings. The first-order chi connectivity index (χ1) is 5.79. The largest absolute Gasteiger partial charge is 0.481 e. The Balaban J connectivity index is 2.37. The number of aromatic nitrogens is 2. The van der Waals surface area contributed by atoms with Crippen molar-refractivity contribution in [1.29, 1.82) is 0 Å². The van der Waals surface area contributed by atoms with Crippen molar-refractivity contribution in [2.24, 2.45) is 0 Å². The molecule has 1 unspecified atom stereocenters. The van der Waals surface area contributed by atoms with E-state index in [0.29, 0.717) is 13.1 Å². The summed E-state index contributed by atoms with van der Waals surface area (Å²) in [6.45, 7) is 1.17. The van der Waals surface area contributed by atoms with Gasteiger partial charge in [-0.25, -0.2) is 0 Å². The van der Waals surface area contributed by atoms with Gasteiger partial charge in [0.25, 0.3) is 0 Å². The average Bonchev–Trinajstić information content (AvgIpc) is 2.49. The monoisotopic (exact) mass is 167 g/mol. The number of aromatic amines is 1. The van der Waals surface area contributed by atoms with Gasteiger partial charge in [-0.15, -0.1) is 0 Å². The van der Waals surface area contributed by atoms with E-state index in [0.717, 1.165) is 11.3 Å². The first-order valence-electron chi connectivity index (χ1n) is 3.74. The molecular formula is C7H9N3O2. The van der Waals surface area contributed by atoms with Crippen LogP contribution in [0.2, 0.25) is 0 Å². The number of carbonyl (C=O) groups is 1. The Labute approximate surface area is 68.8 Å². The maximum Gasteiger partial charge on any atom is 0.312 e. The molecule has 0 bridgehead atoms. The van der Waals surface area contributed by atoms with Crippen molar-refractivity contribution in [3.05, 3.63) is 17.5 Å². The van der Waals surface area contributed by atoms with Crippen LogP contribution >= 0.6 is 0 Å². The Kier molecular flexibility index (Phi) is 1.58. The van der Waals surface area contributed by atoms with Gasteiger partial charge >= 0.3 is 5.97 Å². The van der Waals surface area contributed by atoms with E-state index < -0.39 is 11.9 Å². The van der Waals surface area contributed by atoms with E-state index >= 15 is 0 Å². The summed E-state index contributed by atoms with van der Waals surface area (Å²) < 4.78 is 0. The number of carboxylic acid groups (broad SMARTS) is 1. The Hall–Kier alpha value is -1.36. The SMILES string of the molecule is O=C(O)C1CNCc2[nH]ncc21. The van der Waals surface area contributed by atoms with E-state index in [1.165, 1.54) is 0 Å². The highest BCUT2D eigenvalue weighted by Gasteiger charge is 2.26. The van der Waals surface area contributed by atoms with Gasteiger partial charge in [-0.1, -0.05) is 0 Å². The van der Waals surface area contributed by atoms with Crippen LogP contribution in [0, 0.1) is 0 Å². The minimum Gasteiger partial charge on any atom is -0.481 e. The molecule has 1 aromatic rings. The number of aliphatic carboxylic acids is 1. The molecule has 1 atom stereocenters. The Morgan fingerprint density at radius 3 is 3.33 bits per heavy atom. The van der Waals surface area contributed by atoms with Crippen molar-refractivity contribution in [3.63, 3.8) is 0 Å². The molecule has 2 heterocycles. The zero-order valence-corrected chi connectivity index (χ0v) is 6.37. The van der Waals surface area contributed by atoms with Gasteiger partial charge in [-0.3, -0.25) is 9.89 Å². The highest BCUT2D eigenvalue weighted by Crippen LogP contribution is 2.21. The summed E-state index contributed by atoms with van der Waals surface area (Å²) in [6.07, 6.45) is 1.59. The number of hydrogen-bond donors (Lipinski definition) is 3. The van der Waals surface area contributed by atoms with Crippen LogP contribution in [0.5, 0.6) is 0 Å². The number of nitrogens with one attached hydrogen (secondary N) is 2. The van der Waals surface area contributed by atoms with Crippen LogP contribution in [0.1, 0.15) is 17.2 Å². The number of H-pyrrole nitrogens is 1. The topological polar surface area (TPSA) is 78.0 Å². The summed E-state index contributed by atoms with van der Waals surface area (Å²) in [5.41, 5.74) is 1.69. The predicted octanol–water partition coefficient (Wildman–Crippen LogP) is -0.319. The van der Waals surface area contributed by atoms with Crippen LogP contribution in [0.4, 0.5) is 0 Å². The zero-order valence-electron chi connectivity index (χ0n) is 6.37. The third kappa shape index (κ3) is 0.984. The zero-order chi connectivity index (χ0) is 8.55. The second-order valence-corrected chi connectivity index (χ2v) is 2.83. The molecule has 5 heteroatoms. The Morgan fingerprint density at radius 1 is 1.75 bits per heavy atom. The minimum absolute atomic E-state index is 0.451. The normalized spacial score (nSPS) is 21.8. The van der Waals surface area contributed by atoms with Gasteiger partial charge in [0, 0.05) is 18.7 Å². The maximum atomic E-state index is 10.7. The molecule has 5 nitrogen and oxygen atoms in total. The molecule has 64 valence electrons. The van der Waals surface area contributed by atoms with E-state index in [-0.39, 0.29) is 0 Å². The van der Waals surface area contributed by atoms with Gasteiger partial charge in [-0.05, 0) is 0 Å². The molecule has 0 saturated carbocycles. The second kappa shape index (κ2) is 2.60. The summed E-state index contributed by atoms with van der Waals surface area (Å²) in [7, 11) is 0. The second-order valence-electron chi connectivity index (χ2n) is 2.83. The first kappa shape index (κ1) is 7.30. The molecule has 0 radical (unpaired) electrons. The Morgan fingerprint density at radius 2 is 2.58 bits per heavy atom. The lowest BCUT2D eigenvalue weighted by Gasteiger charge is -2.18. The molecule has 0 amide bonds. The van der Waals surface area contributed by atoms with Crippen molar-refractivity contribution < 1.29 is 9.90 Å². The lowest BCUT2D eigenvalue weighted by molar-refractivity contribution is -0.138. The lowest BCUT2D eigenvalue weighted by Crippen LogP contribution is -2.32. The summed E-state index contributed by atoms with van der Waals surface area (Å²) in [5, 5.41) is 18.4. The lowest BCUT2D eigenvalue weighted by atomic mass is 9.97. The van der Waals surface area contributed by atoms with Gasteiger partial charge < -0.3 is 10.4 Å². The fourth-order valence-corrected chi connectivity index (χ4v) is 1.44. The van der Waals surface area contributed by atoms with Gasteiger partial charge in [0.05, 0.1) is 17.8 Å². The molecular weight excluding hydrogens is 158 g/mol. The number of hydrogen-bond acceptors (Lipinski definition) is 3. The van der Waals surface area contributed by atoms with Crippen LogP contribution in [0.25, 0.3) is 0 Å². The number of nitrogens with zero attached hydrogens (tertiary/aromatic N) is 1. The Bertz CT molecular complexity index is 307. The third-order valence-electron chi connectivity index (χ3n) is 2.08. The van der Waals surface area contributed by atoms with Crippen molar-refractivity contribution >= 4 is 5.97 Å². The van der Waals surface area contributed by atoms with Crippen LogP contribution in [0.15, 0.2) is 6.20 Å². The molecule has 12 heavy (non-hydrogen) atoms. The average molecular weight is 167 g/mol. The van der Waals surface area contributed by atoms with Gasteiger partial charge in [-0.2, -0.15) is 5.10 Å². The quantitative estimate of drug-likeness (QED) is 0.535. The molecule has 3 N–H and O–H groups in total. The van der Waals surface area contributed by atoms with Crippen LogP contribution in [-0.2, 0) is 11.3 Å². The molecule has 1 aliphatic rings. The van der Waals surface area contributed by atoms with Gasteiger partial charge in [0.1, 0.15) is 0 Å². The summed E-state index contributed by atoms with van der Waals surface area (Å²) >= 11 is 0. The fraction of sp³-hybridized carbons (Fsp3) is 0.429. The van der Waals surface area contributed by atoms with E-state index in [4.69, 9.17) is 5.11 Å². The maximum absolute atomic E-state index is 10.7. The van der Waals surface area contributed by atoms with Crippen molar-refractivity contribution in [2.75, 3.05) is 6.54 Å². The highest BCUT2D eigenvalue weighted by atomic mass is 16.4. The highest BCUT2D eigenvalue weighted by molar-refractivity contribution is 5.77. The molecule has 0 aliphatic carbocycles. The van der Waals surface area contributed by atoms with Crippen LogP contribution in [0.3, 0.4) is 0 Å². The van der Waals surface area contributed by atoms with E-state index in [2.05, 4.69) is 15.5 Å². The van der Waals surface area contributed by atoms with Gasteiger partial charge in [0.2, 0.25) is 0 Å². The summed E-state index contributed by atoms with van der Waals surface area (Å²) in [4.78, 5) is 10.7. The van der Waals surface area contributed by atoms with Gasteiger partial charge in [0.15, 0.2) is 0 Å². The third-order valence-corrected chi connectivity index (χ3v) is 2.08. The van der Waals surface area contributed by atoms with Crippen LogP contribution < -0.4 is 5.32 Å². The molecule has 1 aliphatic heterocycles. The van der Waals surface area contributed by atoms with E-state index in [9.17, 15) is 4.79 Å². The summed E-state index contributed by atoms with van der Waals surface area (Å²) in [6, 6.07) is 0. The minimum atomic E-state index is -0.801. The molecule has 0 saturated heterocycles. The van der Waals surface area contributed by atoms with Crippen molar-refractivity contribution in [1.82, 2.24) is 15.5 Å². The number of rotatable bonds is 1. The molecule has 2 rings (SSSR count). The fourth-order valence-electron chi connectivity index (χ4n) is 1.44. The summed E-state index contributed by atoms with van der Waals surface area (Å²) in [5.74, 6) is -1.25. The standard InChI is InChI=1S/C7H9N3O2/c11-7(12)5-1-8-3-6-4(5)2-9-10-6/h2,5,8H,1,3H2,(H,9,10)(H,11,12). The van der Waals surface area contributed by atoms with E-state index in [1.807, 2.05) is 0 Å². The smallest absolute Gasteiger partial charge is 0.312 e. The van der Waals surface area contributed by atoms with Crippen molar-refractivity contribution in [3.8, 4) is 0 Å². The van der Waals surface area contributed by atoms with Crippen molar-refractivity contribution in [2.45, 2.75) is 12.5 Å².